The number of nitrogens with zero attached hydrogens (tertiary/aromatic N) is 4. The third-order valence-corrected chi connectivity index (χ3v) is 6.90. The summed E-state index contributed by atoms with van der Waals surface area (Å²) >= 11 is 0. The van der Waals surface area contributed by atoms with E-state index in [-0.39, 0.29) is 22.2 Å². The van der Waals surface area contributed by atoms with Crippen LogP contribution in [0.1, 0.15) is 16.1 Å². The Bertz CT molecular complexity index is 1540. The van der Waals surface area contributed by atoms with Gasteiger partial charge >= 0.3 is 5.97 Å². The van der Waals surface area contributed by atoms with Gasteiger partial charge in [-0.2, -0.15) is 14.8 Å². The number of aromatic nitrogens is 4. The van der Waals surface area contributed by atoms with Gasteiger partial charge in [-0.15, -0.1) is 0 Å². The van der Waals surface area contributed by atoms with E-state index in [2.05, 4.69) is 25.1 Å². The smallest absolute Gasteiger partial charge is 0.323 e. The fourth-order valence-electron chi connectivity index (χ4n) is 3.63. The van der Waals surface area contributed by atoms with Crippen molar-refractivity contribution in [2.45, 2.75) is 23.9 Å². The minimum absolute atomic E-state index is 0.0818. The number of carboxylic acids is 1. The highest BCUT2D eigenvalue weighted by Crippen LogP contribution is 2.17. The topological polar surface area (TPSA) is 208 Å². The predicted molar refractivity (Wildman–Crippen MR) is 135 cm³/mol. The van der Waals surface area contributed by atoms with E-state index in [9.17, 15) is 23.1 Å². The number of carbonyl (C=O) groups is 2. The highest BCUT2D eigenvalue weighted by atomic mass is 32.2. The van der Waals surface area contributed by atoms with Gasteiger partial charge in [0.25, 0.3) is 5.91 Å². The third kappa shape index (κ3) is 6.17. The second-order valence-corrected chi connectivity index (χ2v) is 9.78. The number of aryl methyl sites for hydroxylation is 2. The van der Waals surface area contributed by atoms with Crippen molar-refractivity contribution in [2.24, 2.45) is 0 Å². The number of benzene rings is 2. The third-order valence-electron chi connectivity index (χ3n) is 5.42. The van der Waals surface area contributed by atoms with E-state index in [0.29, 0.717) is 24.0 Å². The van der Waals surface area contributed by atoms with Crippen LogP contribution in [0.15, 0.2) is 65.7 Å². The quantitative estimate of drug-likeness (QED) is 0.193. The first-order valence-electron chi connectivity index (χ1n) is 11.1. The molecule has 4 rings (SSSR count). The Morgan fingerprint density at radius 1 is 1.05 bits per heavy atom. The summed E-state index contributed by atoms with van der Waals surface area (Å²) in [6.07, 6.45) is 2.11. The lowest BCUT2D eigenvalue weighted by Crippen LogP contribution is -2.48. The van der Waals surface area contributed by atoms with Crippen LogP contribution in [-0.2, 0) is 27.8 Å². The Balaban J connectivity index is 1.41. The van der Waals surface area contributed by atoms with Crippen molar-refractivity contribution in [3.63, 3.8) is 0 Å². The van der Waals surface area contributed by atoms with Crippen LogP contribution >= 0.6 is 0 Å². The van der Waals surface area contributed by atoms with Crippen molar-refractivity contribution in [2.75, 3.05) is 18.0 Å². The fourth-order valence-corrected chi connectivity index (χ4v) is 4.84. The number of carbonyl (C=O) groups excluding carboxylic acids is 1. The van der Waals surface area contributed by atoms with Gasteiger partial charge in [0.15, 0.2) is 0 Å². The lowest BCUT2D eigenvalue weighted by Gasteiger charge is -2.15. The Morgan fingerprint density at radius 2 is 1.81 bits per heavy atom. The van der Waals surface area contributed by atoms with Crippen molar-refractivity contribution < 1.29 is 23.1 Å². The standard InChI is InChI=1S/C23H24N8O5S/c24-20-11-16(28-23(25)29-20)8-9-31-19-7-6-14(10-15(19)12-27-31)21(32)26-13-18(22(33)34)30-37(35,36)17-4-2-1-3-5-17/h1-7,10-12,18,30H,8-9,13H2,(H,26,32)(H,33,34)(H4,24,25,28,29)/t18-/m0/s1. The molecule has 14 heteroatoms. The predicted octanol–water partition coefficient (Wildman–Crippen LogP) is 0.395. The summed E-state index contributed by atoms with van der Waals surface area (Å²) in [7, 11) is -4.09. The molecule has 7 N–H and O–H groups in total. The van der Waals surface area contributed by atoms with Crippen molar-refractivity contribution in [1.29, 1.82) is 0 Å². The largest absolute Gasteiger partial charge is 0.480 e. The normalized spacial score (nSPS) is 12.3. The molecular weight excluding hydrogens is 500 g/mol. The first kappa shape index (κ1) is 25.5. The summed E-state index contributed by atoms with van der Waals surface area (Å²) in [6, 6.07) is 12.3. The average molecular weight is 525 g/mol. The molecule has 0 fully saturated rings. The summed E-state index contributed by atoms with van der Waals surface area (Å²) in [5.41, 5.74) is 13.0. The fraction of sp³-hybridized carbons (Fsp3) is 0.174. The number of carboxylic acid groups (broad SMARTS) is 1. The number of rotatable bonds is 10. The Hall–Kier alpha value is -4.56. The average Bonchev–Trinajstić information content (AvgIpc) is 3.27. The molecule has 0 radical (unpaired) electrons. The van der Waals surface area contributed by atoms with E-state index in [1.54, 1.807) is 41.2 Å². The molecule has 0 aliphatic carbocycles. The number of aliphatic carboxylic acids is 1. The van der Waals surface area contributed by atoms with Gasteiger partial charge in [-0.3, -0.25) is 14.3 Å². The Kier molecular flexibility index (Phi) is 7.31. The number of nitrogens with two attached hydrogens (primary N) is 2. The van der Waals surface area contributed by atoms with Gasteiger partial charge in [0.2, 0.25) is 16.0 Å². The van der Waals surface area contributed by atoms with E-state index < -0.39 is 34.5 Å². The van der Waals surface area contributed by atoms with Gasteiger partial charge in [0, 0.05) is 42.2 Å². The highest BCUT2D eigenvalue weighted by Gasteiger charge is 2.26. The van der Waals surface area contributed by atoms with Gasteiger partial charge in [-0.25, -0.2) is 13.4 Å². The van der Waals surface area contributed by atoms with Crippen molar-refractivity contribution >= 4 is 44.6 Å². The van der Waals surface area contributed by atoms with Crippen LogP contribution in [0.5, 0.6) is 0 Å². The van der Waals surface area contributed by atoms with Crippen LogP contribution in [0.4, 0.5) is 11.8 Å². The van der Waals surface area contributed by atoms with E-state index in [1.165, 1.54) is 24.3 Å². The molecule has 4 aromatic rings. The molecule has 192 valence electrons. The molecule has 0 saturated heterocycles. The number of fused-ring (bicyclic) bond motifs is 1. The molecule has 1 amide bonds. The van der Waals surface area contributed by atoms with Crippen molar-refractivity contribution in [1.82, 2.24) is 29.8 Å². The van der Waals surface area contributed by atoms with E-state index >= 15 is 0 Å². The molecule has 0 aliphatic heterocycles. The van der Waals surface area contributed by atoms with Crippen LogP contribution in [0, 0.1) is 0 Å². The number of hydrogen-bond acceptors (Lipinski definition) is 9. The first-order chi connectivity index (χ1) is 17.6. The molecule has 13 nitrogen and oxygen atoms in total. The molecule has 0 aliphatic rings. The zero-order valence-corrected chi connectivity index (χ0v) is 20.2. The number of nitrogens with one attached hydrogen (secondary N) is 2. The second kappa shape index (κ2) is 10.6. The lowest BCUT2D eigenvalue weighted by molar-refractivity contribution is -0.138. The lowest BCUT2D eigenvalue weighted by atomic mass is 10.1. The zero-order chi connectivity index (χ0) is 26.6. The number of sulfonamides is 1. The van der Waals surface area contributed by atoms with Crippen molar-refractivity contribution in [3.8, 4) is 0 Å². The maximum absolute atomic E-state index is 12.7. The Morgan fingerprint density at radius 3 is 2.51 bits per heavy atom. The van der Waals surface area contributed by atoms with E-state index in [1.807, 2.05) is 0 Å². The Labute approximate surface area is 211 Å². The molecule has 0 bridgehead atoms. The minimum atomic E-state index is -4.09. The molecule has 0 spiro atoms. The first-order valence-corrected chi connectivity index (χ1v) is 12.5. The summed E-state index contributed by atoms with van der Waals surface area (Å²) in [5.74, 6) is -1.62. The van der Waals surface area contributed by atoms with E-state index in [4.69, 9.17) is 11.5 Å². The molecule has 2 aromatic carbocycles. The van der Waals surface area contributed by atoms with Crippen LogP contribution < -0.4 is 21.5 Å². The van der Waals surface area contributed by atoms with Gasteiger partial charge in [-0.05, 0) is 30.3 Å². The summed E-state index contributed by atoms with van der Waals surface area (Å²) in [4.78, 5) is 32.2. The molecule has 1 atom stereocenters. The maximum Gasteiger partial charge on any atom is 0.323 e. The number of nitrogen functional groups attached to an aromatic ring is 2. The monoisotopic (exact) mass is 524 g/mol. The zero-order valence-electron chi connectivity index (χ0n) is 19.4. The molecule has 2 aromatic heterocycles. The molecule has 0 unspecified atom stereocenters. The summed E-state index contributed by atoms with van der Waals surface area (Å²) < 4.78 is 28.8. The minimum Gasteiger partial charge on any atom is -0.480 e. The van der Waals surface area contributed by atoms with Gasteiger partial charge < -0.3 is 21.9 Å². The second-order valence-electron chi connectivity index (χ2n) is 8.07. The van der Waals surface area contributed by atoms with E-state index in [0.717, 1.165) is 5.52 Å². The summed E-state index contributed by atoms with van der Waals surface area (Å²) in [6.45, 7) is 0.0233. The SMILES string of the molecule is Nc1cc(CCn2ncc3cc(C(=O)NC[C@H](NS(=O)(=O)c4ccccc4)C(=O)O)ccc32)nc(N)n1. The van der Waals surface area contributed by atoms with Gasteiger partial charge in [0.1, 0.15) is 11.9 Å². The molecule has 0 saturated carbocycles. The maximum atomic E-state index is 12.7. The van der Waals surface area contributed by atoms with Crippen LogP contribution in [0.3, 0.4) is 0 Å². The van der Waals surface area contributed by atoms with Crippen molar-refractivity contribution in [3.05, 3.63) is 72.1 Å². The molecular formula is C23H24N8O5S. The molecule has 37 heavy (non-hydrogen) atoms. The number of anilines is 2. The molecule has 2 heterocycles. The number of amides is 1. The summed E-state index contributed by atoms with van der Waals surface area (Å²) in [5, 5.41) is 17.0. The van der Waals surface area contributed by atoms with Crippen LogP contribution in [0.25, 0.3) is 10.9 Å². The van der Waals surface area contributed by atoms with Gasteiger partial charge in [0.05, 0.1) is 16.6 Å². The number of hydrogen-bond donors (Lipinski definition) is 5. The highest BCUT2D eigenvalue weighted by molar-refractivity contribution is 7.89. The van der Waals surface area contributed by atoms with Gasteiger partial charge in [-0.1, -0.05) is 18.2 Å². The van der Waals surface area contributed by atoms with Crippen LogP contribution in [-0.4, -0.2) is 57.7 Å². The van der Waals surface area contributed by atoms with Crippen LogP contribution in [0.2, 0.25) is 0 Å².